The molecule has 0 saturated carbocycles. The van der Waals surface area contributed by atoms with Crippen LogP contribution in [-0.2, 0) is 7.05 Å². The van der Waals surface area contributed by atoms with Crippen molar-refractivity contribution in [3.8, 4) is 22.8 Å². The number of rotatable bonds is 6. The van der Waals surface area contributed by atoms with Crippen molar-refractivity contribution in [2.45, 2.75) is 0 Å². The molecule has 0 fully saturated rings. The molecule has 164 valence electrons. The molecule has 0 bridgehead atoms. The van der Waals surface area contributed by atoms with Crippen LogP contribution in [0.15, 0.2) is 66.4 Å². The molecule has 5 rings (SSSR count). The van der Waals surface area contributed by atoms with Crippen LogP contribution in [0, 0.1) is 0 Å². The van der Waals surface area contributed by atoms with Crippen LogP contribution in [0.1, 0.15) is 10.5 Å². The normalized spacial score (nSPS) is 10.8. The van der Waals surface area contributed by atoms with E-state index >= 15 is 0 Å². The number of imidazole rings is 1. The summed E-state index contributed by atoms with van der Waals surface area (Å²) in [5.41, 5.74) is 3.89. The van der Waals surface area contributed by atoms with Crippen molar-refractivity contribution in [1.29, 1.82) is 0 Å². The highest BCUT2D eigenvalue weighted by Gasteiger charge is 2.13. The molecule has 1 amide bonds. The molecule has 33 heavy (non-hydrogen) atoms. The number of ether oxygens (including phenoxy) is 1. The Morgan fingerprint density at radius 3 is 2.67 bits per heavy atom. The number of amides is 1. The van der Waals surface area contributed by atoms with E-state index in [9.17, 15) is 4.79 Å². The molecule has 0 aliphatic carbocycles. The quantitative estimate of drug-likeness (QED) is 0.390. The number of hydrogen-bond acceptors (Lipinski definition) is 8. The molecule has 4 aromatic heterocycles. The second-order valence-electron chi connectivity index (χ2n) is 7.10. The highest BCUT2D eigenvalue weighted by atomic mass is 32.1. The van der Waals surface area contributed by atoms with Gasteiger partial charge in [0, 0.05) is 55.8 Å². The number of fused-ring (bicyclic) bond motifs is 1. The number of aryl methyl sites for hydroxylation is 1. The zero-order valence-electron chi connectivity index (χ0n) is 17.8. The van der Waals surface area contributed by atoms with Gasteiger partial charge in [0.25, 0.3) is 5.91 Å². The molecule has 0 aliphatic rings. The van der Waals surface area contributed by atoms with Crippen molar-refractivity contribution in [1.82, 2.24) is 29.8 Å². The number of pyridine rings is 2. The van der Waals surface area contributed by atoms with Crippen LogP contribution in [-0.4, -0.2) is 37.5 Å². The Hall–Kier alpha value is -4.31. The van der Waals surface area contributed by atoms with Crippen LogP contribution in [0.5, 0.6) is 11.5 Å². The van der Waals surface area contributed by atoms with Crippen LogP contribution in [0.3, 0.4) is 0 Å². The first kappa shape index (κ1) is 20.6. The minimum atomic E-state index is -0.273. The largest absolute Gasteiger partial charge is 0.457 e. The molecular formula is C23H19N7O2S. The van der Waals surface area contributed by atoms with Gasteiger partial charge in [-0.2, -0.15) is 0 Å². The maximum Gasteiger partial charge on any atom is 0.269 e. The lowest BCUT2D eigenvalue weighted by Crippen LogP contribution is -2.18. The molecule has 0 aliphatic heterocycles. The van der Waals surface area contributed by atoms with Crippen molar-refractivity contribution in [3.05, 3.63) is 72.1 Å². The van der Waals surface area contributed by atoms with Gasteiger partial charge in [-0.05, 0) is 30.3 Å². The van der Waals surface area contributed by atoms with Crippen molar-refractivity contribution < 1.29 is 9.53 Å². The van der Waals surface area contributed by atoms with Crippen LogP contribution >= 0.6 is 11.3 Å². The van der Waals surface area contributed by atoms with Gasteiger partial charge >= 0.3 is 0 Å². The Bertz CT molecular complexity index is 1450. The molecule has 4 heterocycles. The van der Waals surface area contributed by atoms with E-state index in [4.69, 9.17) is 9.72 Å². The van der Waals surface area contributed by atoms with E-state index in [0.29, 0.717) is 17.4 Å². The van der Waals surface area contributed by atoms with Gasteiger partial charge in [0.05, 0.1) is 16.7 Å². The Labute approximate surface area is 193 Å². The predicted octanol–water partition coefficient (Wildman–Crippen LogP) is 4.38. The van der Waals surface area contributed by atoms with E-state index in [1.165, 1.54) is 17.5 Å². The second-order valence-corrected chi connectivity index (χ2v) is 7.96. The van der Waals surface area contributed by atoms with E-state index in [1.807, 2.05) is 47.3 Å². The average Bonchev–Trinajstić information content (AvgIpc) is 3.44. The Morgan fingerprint density at radius 2 is 1.85 bits per heavy atom. The first-order valence-corrected chi connectivity index (χ1v) is 10.9. The standard InChI is InChI=1S/C23H19N7O2S/c1-24-21(31)18-12-16(7-10-26-18)32-15-3-4-20-17(11-15)27-22(30(20)2)29-23-28-19(13-33-23)14-5-8-25-9-6-14/h3-13H,1-2H3,(H,24,31)(H,27,28,29). The summed E-state index contributed by atoms with van der Waals surface area (Å²) in [5, 5.41) is 8.59. The second kappa shape index (κ2) is 8.67. The summed E-state index contributed by atoms with van der Waals surface area (Å²) >= 11 is 1.51. The first-order chi connectivity index (χ1) is 16.1. The number of nitrogens with one attached hydrogen (secondary N) is 2. The molecule has 0 saturated heterocycles. The topological polar surface area (TPSA) is 107 Å². The van der Waals surface area contributed by atoms with E-state index in [2.05, 4.69) is 25.6 Å². The summed E-state index contributed by atoms with van der Waals surface area (Å²) in [6.07, 6.45) is 5.03. The molecule has 9 nitrogen and oxygen atoms in total. The van der Waals surface area contributed by atoms with Crippen molar-refractivity contribution in [3.63, 3.8) is 0 Å². The summed E-state index contributed by atoms with van der Waals surface area (Å²) in [6, 6.07) is 12.8. The highest BCUT2D eigenvalue weighted by molar-refractivity contribution is 7.14. The van der Waals surface area contributed by atoms with Gasteiger partial charge in [-0.1, -0.05) is 0 Å². The number of carbonyl (C=O) groups excluding carboxylic acids is 1. The van der Waals surface area contributed by atoms with E-state index < -0.39 is 0 Å². The van der Waals surface area contributed by atoms with Crippen LogP contribution in [0.4, 0.5) is 11.1 Å². The van der Waals surface area contributed by atoms with Gasteiger partial charge in [-0.25, -0.2) is 9.97 Å². The summed E-state index contributed by atoms with van der Waals surface area (Å²) < 4.78 is 7.90. The summed E-state index contributed by atoms with van der Waals surface area (Å²) in [4.78, 5) is 29.3. The van der Waals surface area contributed by atoms with Gasteiger partial charge in [-0.3, -0.25) is 14.8 Å². The minimum Gasteiger partial charge on any atom is -0.457 e. The van der Waals surface area contributed by atoms with Crippen molar-refractivity contribution in [2.75, 3.05) is 12.4 Å². The third kappa shape index (κ3) is 4.23. The number of thiazole rings is 1. The molecular weight excluding hydrogens is 438 g/mol. The fourth-order valence-corrected chi connectivity index (χ4v) is 4.01. The van der Waals surface area contributed by atoms with Gasteiger partial charge in [0.2, 0.25) is 5.95 Å². The molecule has 0 atom stereocenters. The fraction of sp³-hybridized carbons (Fsp3) is 0.0870. The lowest BCUT2D eigenvalue weighted by Gasteiger charge is -2.07. The number of anilines is 2. The number of carbonyl (C=O) groups is 1. The zero-order valence-corrected chi connectivity index (χ0v) is 18.6. The van der Waals surface area contributed by atoms with Crippen LogP contribution in [0.25, 0.3) is 22.3 Å². The molecule has 0 spiro atoms. The molecule has 0 unspecified atom stereocenters. The zero-order chi connectivity index (χ0) is 22.8. The van der Waals surface area contributed by atoms with Gasteiger partial charge in [0.1, 0.15) is 17.2 Å². The average molecular weight is 458 g/mol. The van der Waals surface area contributed by atoms with Gasteiger partial charge in [0.15, 0.2) is 5.13 Å². The van der Waals surface area contributed by atoms with Crippen molar-refractivity contribution >= 4 is 39.4 Å². The number of benzene rings is 1. The fourth-order valence-electron chi connectivity index (χ4n) is 3.30. The smallest absolute Gasteiger partial charge is 0.269 e. The molecule has 10 heteroatoms. The summed E-state index contributed by atoms with van der Waals surface area (Å²) in [7, 11) is 3.50. The Morgan fingerprint density at radius 1 is 1.03 bits per heavy atom. The molecule has 5 aromatic rings. The van der Waals surface area contributed by atoms with E-state index in [0.717, 1.165) is 27.4 Å². The van der Waals surface area contributed by atoms with E-state index in [1.54, 1.807) is 31.6 Å². The molecule has 1 aromatic carbocycles. The Balaban J connectivity index is 1.38. The summed E-state index contributed by atoms with van der Waals surface area (Å²) in [5.74, 6) is 1.52. The monoisotopic (exact) mass is 457 g/mol. The SMILES string of the molecule is CNC(=O)c1cc(Oc2ccc3c(c2)nc(Nc2nc(-c4ccncc4)cs2)n3C)ccn1. The molecule has 0 radical (unpaired) electrons. The lowest BCUT2D eigenvalue weighted by atomic mass is 10.2. The molecule has 2 N–H and O–H groups in total. The third-order valence-corrected chi connectivity index (χ3v) is 5.74. The van der Waals surface area contributed by atoms with Crippen LogP contribution in [0.2, 0.25) is 0 Å². The first-order valence-electron chi connectivity index (χ1n) is 10.1. The maximum atomic E-state index is 11.8. The predicted molar refractivity (Wildman–Crippen MR) is 127 cm³/mol. The van der Waals surface area contributed by atoms with E-state index in [-0.39, 0.29) is 11.6 Å². The van der Waals surface area contributed by atoms with Gasteiger partial charge in [-0.15, -0.1) is 11.3 Å². The minimum absolute atomic E-state index is 0.273. The summed E-state index contributed by atoms with van der Waals surface area (Å²) in [6.45, 7) is 0. The number of aromatic nitrogens is 5. The third-order valence-electron chi connectivity index (χ3n) is 4.98. The number of hydrogen-bond donors (Lipinski definition) is 2. The van der Waals surface area contributed by atoms with Gasteiger partial charge < -0.3 is 19.9 Å². The maximum absolute atomic E-state index is 11.8. The van der Waals surface area contributed by atoms with Crippen molar-refractivity contribution in [2.24, 2.45) is 7.05 Å². The highest BCUT2D eigenvalue weighted by Crippen LogP contribution is 2.30. The number of nitrogens with zero attached hydrogens (tertiary/aromatic N) is 5. The van der Waals surface area contributed by atoms with Crippen LogP contribution < -0.4 is 15.4 Å². The lowest BCUT2D eigenvalue weighted by molar-refractivity contribution is 0.0958. The Kier molecular flexibility index (Phi) is 5.41.